The lowest BCUT2D eigenvalue weighted by Crippen LogP contribution is -2.12. The zero-order chi connectivity index (χ0) is 10.6. The standard InChI is InChI=1S/C10H14Cl2N2/c11-8-4-7(5-9(12)6-8)10(14)2-1-3-13/h4-6,10H,1-3,13-14H2/t10-/m1/s1. The first-order chi connectivity index (χ1) is 6.63. The molecule has 0 aliphatic rings. The van der Waals surface area contributed by atoms with E-state index in [4.69, 9.17) is 34.7 Å². The largest absolute Gasteiger partial charge is 0.330 e. The van der Waals surface area contributed by atoms with Crippen LogP contribution in [0.25, 0.3) is 0 Å². The zero-order valence-electron chi connectivity index (χ0n) is 7.84. The molecule has 0 radical (unpaired) electrons. The normalized spacial score (nSPS) is 12.9. The van der Waals surface area contributed by atoms with Crippen LogP contribution in [0, 0.1) is 0 Å². The lowest BCUT2D eigenvalue weighted by Gasteiger charge is -2.11. The molecular weight excluding hydrogens is 219 g/mol. The summed E-state index contributed by atoms with van der Waals surface area (Å²) in [5.41, 5.74) is 12.3. The topological polar surface area (TPSA) is 52.0 Å². The minimum absolute atomic E-state index is 0.0326. The van der Waals surface area contributed by atoms with Crippen molar-refractivity contribution in [2.24, 2.45) is 11.5 Å². The Labute approximate surface area is 94.2 Å². The van der Waals surface area contributed by atoms with E-state index in [0.717, 1.165) is 18.4 Å². The third-order valence-electron chi connectivity index (χ3n) is 2.03. The van der Waals surface area contributed by atoms with Gasteiger partial charge in [-0.05, 0) is 43.1 Å². The Bertz CT molecular complexity index is 282. The van der Waals surface area contributed by atoms with E-state index in [-0.39, 0.29) is 6.04 Å². The molecule has 4 heteroatoms. The van der Waals surface area contributed by atoms with Gasteiger partial charge < -0.3 is 11.5 Å². The Morgan fingerprint density at radius 2 is 1.71 bits per heavy atom. The van der Waals surface area contributed by atoms with Gasteiger partial charge in [-0.25, -0.2) is 0 Å². The van der Waals surface area contributed by atoms with E-state index in [9.17, 15) is 0 Å². The highest BCUT2D eigenvalue weighted by atomic mass is 35.5. The number of halogens is 2. The van der Waals surface area contributed by atoms with Crippen LogP contribution in [0.4, 0.5) is 0 Å². The molecule has 1 aromatic rings. The van der Waals surface area contributed by atoms with Gasteiger partial charge in [0.25, 0.3) is 0 Å². The van der Waals surface area contributed by atoms with E-state index in [1.54, 1.807) is 6.07 Å². The molecule has 0 bridgehead atoms. The van der Waals surface area contributed by atoms with Gasteiger partial charge in [0.2, 0.25) is 0 Å². The summed E-state index contributed by atoms with van der Waals surface area (Å²) in [6, 6.07) is 5.35. The molecule has 4 N–H and O–H groups in total. The zero-order valence-corrected chi connectivity index (χ0v) is 9.35. The number of rotatable bonds is 4. The summed E-state index contributed by atoms with van der Waals surface area (Å²) < 4.78 is 0. The molecule has 1 atom stereocenters. The fourth-order valence-corrected chi connectivity index (χ4v) is 1.84. The SMILES string of the molecule is NCCC[C@@H](N)c1cc(Cl)cc(Cl)c1. The van der Waals surface area contributed by atoms with E-state index in [1.165, 1.54) is 0 Å². The van der Waals surface area contributed by atoms with Crippen molar-refractivity contribution in [1.82, 2.24) is 0 Å². The Morgan fingerprint density at radius 3 is 2.21 bits per heavy atom. The molecule has 0 amide bonds. The van der Waals surface area contributed by atoms with Crippen LogP contribution in [0.5, 0.6) is 0 Å². The Kier molecular flexibility index (Phi) is 4.69. The van der Waals surface area contributed by atoms with E-state index < -0.39 is 0 Å². The maximum atomic E-state index is 5.95. The summed E-state index contributed by atoms with van der Waals surface area (Å²) in [6.07, 6.45) is 1.76. The minimum Gasteiger partial charge on any atom is -0.330 e. The van der Waals surface area contributed by atoms with Crippen LogP contribution in [0.15, 0.2) is 18.2 Å². The van der Waals surface area contributed by atoms with Gasteiger partial charge in [-0.3, -0.25) is 0 Å². The molecule has 0 heterocycles. The highest BCUT2D eigenvalue weighted by Gasteiger charge is 2.07. The molecule has 0 aromatic heterocycles. The number of nitrogens with two attached hydrogens (primary N) is 2. The Morgan fingerprint density at radius 1 is 1.14 bits per heavy atom. The Balaban J connectivity index is 2.73. The second kappa shape index (κ2) is 5.56. The third kappa shape index (κ3) is 3.46. The molecule has 2 nitrogen and oxygen atoms in total. The van der Waals surface area contributed by atoms with Gasteiger partial charge in [-0.15, -0.1) is 0 Å². The van der Waals surface area contributed by atoms with Crippen molar-refractivity contribution in [3.05, 3.63) is 33.8 Å². The van der Waals surface area contributed by atoms with Crippen molar-refractivity contribution < 1.29 is 0 Å². The molecule has 0 aliphatic heterocycles. The lowest BCUT2D eigenvalue weighted by molar-refractivity contribution is 0.618. The lowest BCUT2D eigenvalue weighted by atomic mass is 10.0. The van der Waals surface area contributed by atoms with E-state index in [0.29, 0.717) is 16.6 Å². The van der Waals surface area contributed by atoms with Crippen LogP contribution in [0.3, 0.4) is 0 Å². The van der Waals surface area contributed by atoms with Crippen molar-refractivity contribution in [3.8, 4) is 0 Å². The molecule has 1 aromatic carbocycles. The highest BCUT2D eigenvalue weighted by Crippen LogP contribution is 2.24. The summed E-state index contributed by atoms with van der Waals surface area (Å²) in [5, 5.41) is 1.24. The third-order valence-corrected chi connectivity index (χ3v) is 2.47. The fraction of sp³-hybridized carbons (Fsp3) is 0.400. The molecule has 1 rings (SSSR count). The number of hydrogen-bond donors (Lipinski definition) is 2. The first kappa shape index (κ1) is 11.8. The van der Waals surface area contributed by atoms with Gasteiger partial charge in [-0.1, -0.05) is 23.2 Å². The van der Waals surface area contributed by atoms with Gasteiger partial charge in [0.15, 0.2) is 0 Å². The number of benzene rings is 1. The molecule has 0 unspecified atom stereocenters. The van der Waals surface area contributed by atoms with Crippen LogP contribution in [-0.4, -0.2) is 6.54 Å². The first-order valence-electron chi connectivity index (χ1n) is 4.55. The van der Waals surface area contributed by atoms with Crippen LogP contribution >= 0.6 is 23.2 Å². The molecule has 78 valence electrons. The predicted octanol–water partition coefficient (Wildman–Crippen LogP) is 2.73. The van der Waals surface area contributed by atoms with Crippen molar-refractivity contribution >= 4 is 23.2 Å². The van der Waals surface area contributed by atoms with Gasteiger partial charge in [-0.2, -0.15) is 0 Å². The van der Waals surface area contributed by atoms with Crippen LogP contribution in [-0.2, 0) is 0 Å². The molecule has 0 aliphatic carbocycles. The quantitative estimate of drug-likeness (QED) is 0.839. The van der Waals surface area contributed by atoms with Gasteiger partial charge in [0, 0.05) is 16.1 Å². The highest BCUT2D eigenvalue weighted by molar-refractivity contribution is 6.34. The predicted molar refractivity (Wildman–Crippen MR) is 61.7 cm³/mol. The Hall–Kier alpha value is -0.280. The summed E-state index contributed by atoms with van der Waals surface area (Å²) in [4.78, 5) is 0. The van der Waals surface area contributed by atoms with Crippen LogP contribution in [0.1, 0.15) is 24.4 Å². The van der Waals surface area contributed by atoms with Crippen molar-refractivity contribution in [3.63, 3.8) is 0 Å². The van der Waals surface area contributed by atoms with E-state index >= 15 is 0 Å². The second-order valence-electron chi connectivity index (χ2n) is 3.24. The minimum atomic E-state index is -0.0326. The summed E-state index contributed by atoms with van der Waals surface area (Å²) in [6.45, 7) is 0.655. The smallest absolute Gasteiger partial charge is 0.0424 e. The van der Waals surface area contributed by atoms with Gasteiger partial charge in [0.05, 0.1) is 0 Å². The maximum Gasteiger partial charge on any atom is 0.0424 e. The van der Waals surface area contributed by atoms with Crippen molar-refractivity contribution in [2.75, 3.05) is 6.54 Å². The average Bonchev–Trinajstić information content (AvgIpc) is 2.12. The molecule has 0 saturated heterocycles. The fourth-order valence-electron chi connectivity index (χ4n) is 1.29. The summed E-state index contributed by atoms with van der Waals surface area (Å²) in [7, 11) is 0. The van der Waals surface area contributed by atoms with Gasteiger partial charge in [0.1, 0.15) is 0 Å². The summed E-state index contributed by atoms with van der Waals surface area (Å²) in [5.74, 6) is 0. The van der Waals surface area contributed by atoms with E-state index in [2.05, 4.69) is 0 Å². The van der Waals surface area contributed by atoms with Crippen LogP contribution in [0.2, 0.25) is 10.0 Å². The number of hydrogen-bond acceptors (Lipinski definition) is 2. The van der Waals surface area contributed by atoms with Crippen molar-refractivity contribution in [1.29, 1.82) is 0 Å². The van der Waals surface area contributed by atoms with Crippen molar-refractivity contribution in [2.45, 2.75) is 18.9 Å². The average molecular weight is 233 g/mol. The summed E-state index contributed by atoms with van der Waals surface area (Å²) >= 11 is 11.7. The van der Waals surface area contributed by atoms with Crippen LogP contribution < -0.4 is 11.5 Å². The molecule has 0 saturated carbocycles. The monoisotopic (exact) mass is 232 g/mol. The molecular formula is C10H14Cl2N2. The maximum absolute atomic E-state index is 5.95. The first-order valence-corrected chi connectivity index (χ1v) is 5.30. The second-order valence-corrected chi connectivity index (χ2v) is 4.11. The molecule has 0 fully saturated rings. The van der Waals surface area contributed by atoms with E-state index in [1.807, 2.05) is 12.1 Å². The molecule has 0 spiro atoms. The van der Waals surface area contributed by atoms with Gasteiger partial charge >= 0.3 is 0 Å². The molecule has 14 heavy (non-hydrogen) atoms.